The Morgan fingerprint density at radius 1 is 1.26 bits per heavy atom. The van der Waals surface area contributed by atoms with E-state index in [0.717, 1.165) is 34.0 Å². The maximum Gasteiger partial charge on any atom is 0.265 e. The molecule has 4 unspecified atom stereocenters. The van der Waals surface area contributed by atoms with E-state index in [1.54, 1.807) is 33.9 Å². The molecule has 2 aliphatic carbocycles. The van der Waals surface area contributed by atoms with Crippen LogP contribution in [0.5, 0.6) is 0 Å². The molecule has 2 aromatic heterocycles. The van der Waals surface area contributed by atoms with E-state index in [0.29, 0.717) is 25.8 Å². The largest absolute Gasteiger partial charge is 0.286 e. The summed E-state index contributed by atoms with van der Waals surface area (Å²) in [6, 6.07) is 4.01. The van der Waals surface area contributed by atoms with Crippen molar-refractivity contribution >= 4 is 42.8 Å². The third-order valence-electron chi connectivity index (χ3n) is 7.46. The SMILES string of the molecule is CC(CS(=O)(=O)O)C1=CCC(CC2(c3csc(-c4cccs4)n3)CN2S(=O)(=O)CCC2=CC=CCC2)C=C1. The quantitative estimate of drug-likeness (QED) is 0.261. The van der Waals surface area contributed by atoms with Crippen LogP contribution in [0.4, 0.5) is 0 Å². The Kier molecular flexibility index (Phi) is 7.96. The van der Waals surface area contributed by atoms with E-state index in [1.165, 1.54) is 5.57 Å². The molecule has 3 heterocycles. The summed E-state index contributed by atoms with van der Waals surface area (Å²) < 4.78 is 60.5. The van der Waals surface area contributed by atoms with Gasteiger partial charge in [-0.05, 0) is 61.0 Å². The normalized spacial score (nSPS) is 26.2. The maximum absolute atomic E-state index is 13.5. The van der Waals surface area contributed by atoms with Gasteiger partial charge in [0.05, 0.1) is 27.6 Å². The Morgan fingerprint density at radius 2 is 2.11 bits per heavy atom. The first kappa shape index (κ1) is 27.7. The van der Waals surface area contributed by atoms with Gasteiger partial charge in [-0.15, -0.1) is 22.7 Å². The molecule has 7 nitrogen and oxygen atoms in total. The van der Waals surface area contributed by atoms with Gasteiger partial charge >= 0.3 is 0 Å². The summed E-state index contributed by atoms with van der Waals surface area (Å²) in [5.41, 5.74) is 2.17. The molecule has 5 rings (SSSR count). The van der Waals surface area contributed by atoms with Crippen molar-refractivity contribution in [2.24, 2.45) is 11.8 Å². The van der Waals surface area contributed by atoms with Crippen molar-refractivity contribution < 1.29 is 21.4 Å². The molecule has 0 aromatic carbocycles. The van der Waals surface area contributed by atoms with Crippen LogP contribution in [-0.2, 0) is 25.7 Å². The molecule has 0 spiro atoms. The molecular weight excluding hydrogens is 561 g/mol. The van der Waals surface area contributed by atoms with Crippen LogP contribution in [0.15, 0.2) is 70.5 Å². The van der Waals surface area contributed by atoms with E-state index in [9.17, 15) is 21.4 Å². The van der Waals surface area contributed by atoms with Crippen molar-refractivity contribution in [2.75, 3.05) is 18.1 Å². The minimum absolute atomic E-state index is 0.0913. The lowest BCUT2D eigenvalue weighted by molar-refractivity contribution is 0.419. The van der Waals surface area contributed by atoms with Gasteiger partial charge in [-0.1, -0.05) is 55.0 Å². The highest BCUT2D eigenvalue weighted by Crippen LogP contribution is 2.52. The molecule has 1 fully saturated rings. The van der Waals surface area contributed by atoms with Crippen molar-refractivity contribution in [2.45, 2.75) is 44.6 Å². The van der Waals surface area contributed by atoms with Crippen LogP contribution < -0.4 is 0 Å². The van der Waals surface area contributed by atoms with Crippen LogP contribution in [0.3, 0.4) is 0 Å². The minimum Gasteiger partial charge on any atom is -0.286 e. The predicted molar refractivity (Wildman–Crippen MR) is 154 cm³/mol. The summed E-state index contributed by atoms with van der Waals surface area (Å²) in [6.07, 6.45) is 15.8. The molecule has 204 valence electrons. The zero-order chi connectivity index (χ0) is 27.0. The molecular formula is C27H32N2O5S4. The van der Waals surface area contributed by atoms with Crippen molar-refractivity contribution in [3.8, 4) is 9.88 Å². The topological polar surface area (TPSA) is 104 Å². The predicted octanol–water partition coefficient (Wildman–Crippen LogP) is 5.80. The van der Waals surface area contributed by atoms with Gasteiger partial charge in [-0.2, -0.15) is 12.7 Å². The summed E-state index contributed by atoms with van der Waals surface area (Å²) in [7, 11) is -7.54. The third-order valence-corrected chi connectivity index (χ3v) is 12.1. The number of sulfonamides is 1. The van der Waals surface area contributed by atoms with Crippen LogP contribution in [0.1, 0.15) is 44.7 Å². The first-order valence-electron chi connectivity index (χ1n) is 12.7. The lowest BCUT2D eigenvalue weighted by Crippen LogP contribution is -2.27. The second-order valence-electron chi connectivity index (χ2n) is 10.3. The fourth-order valence-electron chi connectivity index (χ4n) is 5.32. The Morgan fingerprint density at radius 3 is 2.76 bits per heavy atom. The van der Waals surface area contributed by atoms with Crippen LogP contribution in [0.25, 0.3) is 9.88 Å². The molecule has 0 saturated carbocycles. The standard InChI is InChI=1S/C27H32N2O5S4/c1-20(18-38(32,33)34)23-11-9-22(10-12-23)16-27(25-17-36-26(28-25)24-8-5-14-35-24)19-29(27)37(30,31)15-13-21-6-3-2-4-7-21/h2-3,5-6,8-9,11-12,14,17,20,22H,4,7,10,13,15-16,18-19H2,1H3,(H,32,33,34). The Labute approximate surface area is 233 Å². The highest BCUT2D eigenvalue weighted by molar-refractivity contribution is 7.89. The lowest BCUT2D eigenvalue weighted by atomic mass is 9.84. The second-order valence-corrected chi connectivity index (χ2v) is 15.6. The van der Waals surface area contributed by atoms with Gasteiger partial charge in [0.2, 0.25) is 10.0 Å². The van der Waals surface area contributed by atoms with Crippen molar-refractivity contribution in [3.63, 3.8) is 0 Å². The van der Waals surface area contributed by atoms with Crippen molar-refractivity contribution in [3.05, 3.63) is 76.2 Å². The summed E-state index contributed by atoms with van der Waals surface area (Å²) in [5.74, 6) is -0.450. The number of aromatic nitrogens is 1. The zero-order valence-electron chi connectivity index (χ0n) is 21.2. The molecule has 2 aromatic rings. The number of hydrogen-bond acceptors (Lipinski definition) is 7. The molecule has 1 saturated heterocycles. The van der Waals surface area contributed by atoms with Crippen LogP contribution in [-0.4, -0.2) is 48.7 Å². The first-order valence-corrected chi connectivity index (χ1v) is 17.7. The van der Waals surface area contributed by atoms with Crippen molar-refractivity contribution in [1.29, 1.82) is 0 Å². The van der Waals surface area contributed by atoms with Crippen LogP contribution in [0.2, 0.25) is 0 Å². The van der Waals surface area contributed by atoms with Gasteiger partial charge in [0, 0.05) is 11.9 Å². The fourth-order valence-corrected chi connectivity index (χ4v) is 9.72. The Balaban J connectivity index is 1.35. The summed E-state index contributed by atoms with van der Waals surface area (Å²) in [6.45, 7) is 2.20. The summed E-state index contributed by atoms with van der Waals surface area (Å²) in [5, 5.41) is 4.91. The van der Waals surface area contributed by atoms with Gasteiger partial charge in [0.25, 0.3) is 10.1 Å². The number of thiophene rings is 1. The zero-order valence-corrected chi connectivity index (χ0v) is 24.5. The van der Waals surface area contributed by atoms with Crippen LogP contribution in [0, 0.1) is 11.8 Å². The highest BCUT2D eigenvalue weighted by Gasteiger charge is 2.61. The van der Waals surface area contributed by atoms with E-state index in [-0.39, 0.29) is 23.3 Å². The Hall–Kier alpha value is -1.89. The molecule has 11 heteroatoms. The molecule has 0 radical (unpaired) electrons. The van der Waals surface area contributed by atoms with Gasteiger partial charge in [0.15, 0.2) is 0 Å². The monoisotopic (exact) mass is 592 g/mol. The van der Waals surface area contributed by atoms with E-state index in [2.05, 4.69) is 6.08 Å². The molecule has 0 bridgehead atoms. The highest BCUT2D eigenvalue weighted by atomic mass is 32.2. The number of nitrogens with zero attached hydrogens (tertiary/aromatic N) is 2. The van der Waals surface area contributed by atoms with Gasteiger partial charge in [0.1, 0.15) is 5.01 Å². The smallest absolute Gasteiger partial charge is 0.265 e. The summed E-state index contributed by atoms with van der Waals surface area (Å²) in [4.78, 5) is 5.99. The second kappa shape index (κ2) is 10.9. The van der Waals surface area contributed by atoms with E-state index >= 15 is 0 Å². The van der Waals surface area contributed by atoms with Crippen molar-refractivity contribution in [1.82, 2.24) is 9.29 Å². The first-order chi connectivity index (χ1) is 18.1. The van der Waals surface area contributed by atoms with E-state index in [1.807, 2.05) is 53.3 Å². The number of thiazole rings is 1. The molecule has 1 N–H and O–H groups in total. The average molecular weight is 593 g/mol. The molecule has 38 heavy (non-hydrogen) atoms. The third kappa shape index (κ3) is 6.29. The minimum atomic E-state index is -4.06. The van der Waals surface area contributed by atoms with Crippen LogP contribution >= 0.6 is 22.7 Å². The molecule has 3 aliphatic rings. The van der Waals surface area contributed by atoms with E-state index in [4.69, 9.17) is 4.98 Å². The molecule has 4 atom stereocenters. The fraction of sp³-hybridized carbons (Fsp3) is 0.444. The molecule has 0 amide bonds. The van der Waals surface area contributed by atoms with Gasteiger partial charge in [-0.3, -0.25) is 4.55 Å². The van der Waals surface area contributed by atoms with E-state index < -0.39 is 25.7 Å². The maximum atomic E-state index is 13.5. The molecule has 1 aliphatic heterocycles. The Bertz CT molecular complexity index is 1500. The number of rotatable bonds is 11. The average Bonchev–Trinajstić information content (AvgIpc) is 3.23. The van der Waals surface area contributed by atoms with Gasteiger partial charge < -0.3 is 0 Å². The number of allylic oxidation sites excluding steroid dienone is 8. The van der Waals surface area contributed by atoms with Gasteiger partial charge in [-0.25, -0.2) is 13.4 Å². The summed E-state index contributed by atoms with van der Waals surface area (Å²) >= 11 is 3.16. The number of hydrogen-bond donors (Lipinski definition) is 1. The lowest BCUT2D eigenvalue weighted by Gasteiger charge is -2.24.